The van der Waals surface area contributed by atoms with Crippen molar-refractivity contribution in [2.75, 3.05) is 6.54 Å². The molecule has 0 saturated heterocycles. The molecule has 0 spiro atoms. The molecule has 3 aromatic rings. The lowest BCUT2D eigenvalue weighted by atomic mass is 10.0. The number of rotatable bonds is 7. The van der Waals surface area contributed by atoms with Gasteiger partial charge in [-0.3, -0.25) is 0 Å². The molecule has 3 rings (SSSR count). The Morgan fingerprint density at radius 3 is 2.38 bits per heavy atom. The van der Waals surface area contributed by atoms with E-state index in [1.165, 1.54) is 0 Å². The molecule has 0 atom stereocenters. The molecule has 0 amide bonds. The molecule has 6 nitrogen and oxygen atoms in total. The van der Waals surface area contributed by atoms with E-state index in [0.29, 0.717) is 24.1 Å². The third-order valence-electron chi connectivity index (χ3n) is 3.99. The molecular formula is C19H21N3O3S. The van der Waals surface area contributed by atoms with Crippen molar-refractivity contribution in [2.45, 2.75) is 31.1 Å². The first kappa shape index (κ1) is 18.3. The van der Waals surface area contributed by atoms with Gasteiger partial charge >= 0.3 is 0 Å². The van der Waals surface area contributed by atoms with Crippen LogP contribution in [0.3, 0.4) is 0 Å². The smallest absolute Gasteiger partial charge is 0.240 e. The number of hydrogen-bond donors (Lipinski definition) is 1. The van der Waals surface area contributed by atoms with E-state index in [2.05, 4.69) is 28.7 Å². The van der Waals surface area contributed by atoms with Crippen LogP contribution >= 0.6 is 0 Å². The number of nitrogens with one attached hydrogen (secondary N) is 1. The third-order valence-corrected chi connectivity index (χ3v) is 5.47. The van der Waals surface area contributed by atoms with Crippen molar-refractivity contribution in [1.29, 1.82) is 0 Å². The molecule has 0 bridgehead atoms. The van der Waals surface area contributed by atoms with Crippen LogP contribution in [0.25, 0.3) is 11.4 Å². The fraction of sp³-hybridized carbons (Fsp3) is 0.263. The molecule has 1 N–H and O–H groups in total. The van der Waals surface area contributed by atoms with E-state index in [9.17, 15) is 8.42 Å². The average Bonchev–Trinajstić information content (AvgIpc) is 3.11. The first-order chi connectivity index (χ1) is 12.5. The van der Waals surface area contributed by atoms with E-state index < -0.39 is 10.0 Å². The highest BCUT2D eigenvalue weighted by Crippen LogP contribution is 2.17. The highest BCUT2D eigenvalue weighted by Gasteiger charge is 2.15. The summed E-state index contributed by atoms with van der Waals surface area (Å²) in [5.41, 5.74) is 1.96. The minimum Gasteiger partial charge on any atom is -0.339 e. The van der Waals surface area contributed by atoms with Gasteiger partial charge in [0.15, 0.2) is 0 Å². The van der Waals surface area contributed by atoms with Crippen molar-refractivity contribution in [3.05, 3.63) is 66.1 Å². The van der Waals surface area contributed by atoms with Crippen LogP contribution in [0.1, 0.15) is 31.2 Å². The topological polar surface area (TPSA) is 85.1 Å². The standard InChI is InChI=1S/C19H21N3O3S/c1-14(2)15-8-10-17(11-9-15)26(23,24)20-13-12-18-21-19(22-25-18)16-6-4-3-5-7-16/h3-11,14,20H,12-13H2,1-2H3. The Hall–Kier alpha value is -2.51. The zero-order chi connectivity index (χ0) is 18.6. The maximum Gasteiger partial charge on any atom is 0.240 e. The van der Waals surface area contributed by atoms with Crippen LogP contribution in [0, 0.1) is 0 Å². The van der Waals surface area contributed by atoms with Crippen molar-refractivity contribution in [2.24, 2.45) is 0 Å². The van der Waals surface area contributed by atoms with Crippen molar-refractivity contribution in [1.82, 2.24) is 14.9 Å². The minimum atomic E-state index is -3.56. The number of sulfonamides is 1. The highest BCUT2D eigenvalue weighted by atomic mass is 32.2. The molecule has 0 saturated carbocycles. The van der Waals surface area contributed by atoms with E-state index in [0.717, 1.165) is 11.1 Å². The monoisotopic (exact) mass is 371 g/mol. The first-order valence-corrected chi connectivity index (χ1v) is 9.91. The molecule has 0 unspecified atom stereocenters. The van der Waals surface area contributed by atoms with Gasteiger partial charge < -0.3 is 4.52 Å². The van der Waals surface area contributed by atoms with Crippen LogP contribution in [0.2, 0.25) is 0 Å². The third kappa shape index (κ3) is 4.36. The summed E-state index contributed by atoms with van der Waals surface area (Å²) < 4.78 is 32.5. The SMILES string of the molecule is CC(C)c1ccc(S(=O)(=O)NCCc2nc(-c3ccccc3)no2)cc1. The van der Waals surface area contributed by atoms with Crippen molar-refractivity contribution in [3.63, 3.8) is 0 Å². The van der Waals surface area contributed by atoms with Gasteiger partial charge in [-0.05, 0) is 23.6 Å². The van der Waals surface area contributed by atoms with Crippen LogP contribution in [-0.2, 0) is 16.4 Å². The Labute approximate surface area is 153 Å². The lowest BCUT2D eigenvalue weighted by Crippen LogP contribution is -2.26. The molecule has 0 fully saturated rings. The predicted octanol–water partition coefficient (Wildman–Crippen LogP) is 3.38. The Bertz CT molecular complexity index is 949. The summed E-state index contributed by atoms with van der Waals surface area (Å²) in [5.74, 6) is 1.24. The van der Waals surface area contributed by atoms with Gasteiger partial charge in [-0.1, -0.05) is 61.5 Å². The van der Waals surface area contributed by atoms with Crippen LogP contribution < -0.4 is 4.72 Å². The van der Waals surface area contributed by atoms with Crippen LogP contribution in [-0.4, -0.2) is 25.1 Å². The van der Waals surface area contributed by atoms with Gasteiger partial charge in [-0.2, -0.15) is 4.98 Å². The summed E-state index contributed by atoms with van der Waals surface area (Å²) in [4.78, 5) is 4.54. The summed E-state index contributed by atoms with van der Waals surface area (Å²) in [7, 11) is -3.56. The van der Waals surface area contributed by atoms with Gasteiger partial charge in [-0.25, -0.2) is 13.1 Å². The van der Waals surface area contributed by atoms with E-state index in [1.54, 1.807) is 12.1 Å². The van der Waals surface area contributed by atoms with Crippen molar-refractivity contribution < 1.29 is 12.9 Å². The molecule has 1 heterocycles. The predicted molar refractivity (Wildman–Crippen MR) is 99.2 cm³/mol. The maximum absolute atomic E-state index is 12.4. The quantitative estimate of drug-likeness (QED) is 0.688. The first-order valence-electron chi connectivity index (χ1n) is 8.43. The number of benzene rings is 2. The molecule has 0 aliphatic heterocycles. The van der Waals surface area contributed by atoms with E-state index >= 15 is 0 Å². The minimum absolute atomic E-state index is 0.185. The molecule has 26 heavy (non-hydrogen) atoms. The lowest BCUT2D eigenvalue weighted by molar-refractivity contribution is 0.379. The largest absolute Gasteiger partial charge is 0.339 e. The zero-order valence-corrected chi connectivity index (χ0v) is 15.5. The maximum atomic E-state index is 12.4. The Morgan fingerprint density at radius 1 is 1.04 bits per heavy atom. The average molecular weight is 371 g/mol. The van der Waals surface area contributed by atoms with Gasteiger partial charge in [0.25, 0.3) is 0 Å². The van der Waals surface area contributed by atoms with Gasteiger partial charge in [-0.15, -0.1) is 0 Å². The Balaban J connectivity index is 1.59. The fourth-order valence-corrected chi connectivity index (χ4v) is 3.50. The lowest BCUT2D eigenvalue weighted by Gasteiger charge is -2.08. The van der Waals surface area contributed by atoms with E-state index in [1.807, 2.05) is 42.5 Å². The molecule has 7 heteroatoms. The molecule has 0 aliphatic carbocycles. The Kier molecular flexibility index (Phi) is 5.49. The van der Waals surface area contributed by atoms with Gasteiger partial charge in [0, 0.05) is 18.5 Å². The van der Waals surface area contributed by atoms with Crippen LogP contribution in [0.4, 0.5) is 0 Å². The van der Waals surface area contributed by atoms with Crippen LogP contribution in [0.5, 0.6) is 0 Å². The van der Waals surface area contributed by atoms with Crippen molar-refractivity contribution in [3.8, 4) is 11.4 Å². The normalized spacial score (nSPS) is 11.8. The molecular weight excluding hydrogens is 350 g/mol. The summed E-state index contributed by atoms with van der Waals surface area (Å²) in [6, 6.07) is 16.4. The number of hydrogen-bond acceptors (Lipinski definition) is 5. The van der Waals surface area contributed by atoms with Gasteiger partial charge in [0.05, 0.1) is 4.90 Å². The Morgan fingerprint density at radius 2 is 1.73 bits per heavy atom. The van der Waals surface area contributed by atoms with Gasteiger partial charge in [0.1, 0.15) is 0 Å². The highest BCUT2D eigenvalue weighted by molar-refractivity contribution is 7.89. The summed E-state index contributed by atoms with van der Waals surface area (Å²) in [6.07, 6.45) is 0.323. The number of aromatic nitrogens is 2. The molecule has 2 aromatic carbocycles. The molecule has 0 aliphatic rings. The second-order valence-corrected chi connectivity index (χ2v) is 8.02. The van der Waals surface area contributed by atoms with E-state index in [4.69, 9.17) is 4.52 Å². The molecule has 1 aromatic heterocycles. The molecule has 0 radical (unpaired) electrons. The van der Waals surface area contributed by atoms with E-state index in [-0.39, 0.29) is 11.4 Å². The number of nitrogens with zero attached hydrogens (tertiary/aromatic N) is 2. The summed E-state index contributed by atoms with van der Waals surface area (Å²) >= 11 is 0. The summed E-state index contributed by atoms with van der Waals surface area (Å²) in [6.45, 7) is 4.32. The van der Waals surface area contributed by atoms with Crippen molar-refractivity contribution >= 4 is 10.0 Å². The molecule has 136 valence electrons. The summed E-state index contributed by atoms with van der Waals surface area (Å²) in [5, 5.41) is 3.92. The second kappa shape index (κ2) is 7.80. The second-order valence-electron chi connectivity index (χ2n) is 6.25. The zero-order valence-electron chi connectivity index (χ0n) is 14.7. The fourth-order valence-electron chi connectivity index (χ4n) is 2.47. The van der Waals surface area contributed by atoms with Gasteiger partial charge in [0.2, 0.25) is 21.7 Å². The van der Waals surface area contributed by atoms with Crippen LogP contribution in [0.15, 0.2) is 64.0 Å².